The van der Waals surface area contributed by atoms with Gasteiger partial charge < -0.3 is 10.1 Å². The van der Waals surface area contributed by atoms with Crippen molar-refractivity contribution in [2.24, 2.45) is 0 Å². The van der Waals surface area contributed by atoms with Crippen LogP contribution in [-0.4, -0.2) is 19.6 Å². The minimum Gasteiger partial charge on any atom is -0.497 e. The van der Waals surface area contributed by atoms with Crippen LogP contribution in [0.1, 0.15) is 30.4 Å². The summed E-state index contributed by atoms with van der Waals surface area (Å²) < 4.78 is 5.20. The molecule has 2 aromatic rings. The molecule has 23 heavy (non-hydrogen) atoms. The van der Waals surface area contributed by atoms with Gasteiger partial charge in [0.15, 0.2) is 0 Å². The number of hydrogen-bond donors (Lipinski definition) is 1. The van der Waals surface area contributed by atoms with Crippen LogP contribution in [0.4, 0.5) is 0 Å². The molecule has 3 heteroatoms. The van der Waals surface area contributed by atoms with Crippen molar-refractivity contribution < 1.29 is 9.53 Å². The lowest BCUT2D eigenvalue weighted by atomic mass is 10.1. The van der Waals surface area contributed by atoms with Gasteiger partial charge in [-0.05, 0) is 48.9 Å². The Morgan fingerprint density at radius 2 is 1.74 bits per heavy atom. The van der Waals surface area contributed by atoms with Crippen molar-refractivity contribution in [3.63, 3.8) is 0 Å². The molecule has 1 N–H and O–H groups in total. The van der Waals surface area contributed by atoms with E-state index in [1.165, 1.54) is 11.1 Å². The molecule has 0 aliphatic rings. The Bertz CT molecular complexity index is 596. The van der Waals surface area contributed by atoms with Crippen LogP contribution in [-0.2, 0) is 17.6 Å². The van der Waals surface area contributed by atoms with Gasteiger partial charge in [-0.1, -0.05) is 42.5 Å². The van der Waals surface area contributed by atoms with Crippen LogP contribution in [0.5, 0.6) is 5.75 Å². The quantitative estimate of drug-likeness (QED) is 0.716. The van der Waals surface area contributed by atoms with Crippen molar-refractivity contribution in [3.05, 3.63) is 65.7 Å². The molecule has 0 aromatic heterocycles. The zero-order valence-corrected chi connectivity index (χ0v) is 13.8. The number of carbonyl (C=O) groups excluding carboxylic acids is 1. The average molecular weight is 311 g/mol. The first-order valence-electron chi connectivity index (χ1n) is 8.21. The third-order valence-corrected chi connectivity index (χ3v) is 3.83. The minimum absolute atomic E-state index is 0.140. The number of nitrogens with one attached hydrogen (secondary N) is 1. The van der Waals surface area contributed by atoms with Crippen LogP contribution in [0.2, 0.25) is 0 Å². The highest BCUT2D eigenvalue weighted by atomic mass is 16.5. The van der Waals surface area contributed by atoms with Gasteiger partial charge in [0, 0.05) is 13.0 Å². The Morgan fingerprint density at radius 3 is 2.52 bits per heavy atom. The molecule has 0 atom stereocenters. The normalized spacial score (nSPS) is 10.3. The largest absolute Gasteiger partial charge is 0.497 e. The van der Waals surface area contributed by atoms with Gasteiger partial charge in [0.05, 0.1) is 7.11 Å². The van der Waals surface area contributed by atoms with E-state index >= 15 is 0 Å². The fourth-order valence-corrected chi connectivity index (χ4v) is 2.52. The fraction of sp³-hybridized carbons (Fsp3) is 0.350. The molecule has 0 radical (unpaired) electrons. The summed E-state index contributed by atoms with van der Waals surface area (Å²) in [5.74, 6) is 0.996. The molecule has 0 heterocycles. The molecule has 0 saturated carbocycles. The van der Waals surface area contributed by atoms with Crippen LogP contribution >= 0.6 is 0 Å². The summed E-state index contributed by atoms with van der Waals surface area (Å²) in [5, 5.41) is 2.99. The average Bonchev–Trinajstić information content (AvgIpc) is 2.60. The zero-order chi connectivity index (χ0) is 16.3. The SMILES string of the molecule is COc1cccc(CCNC(=O)CCCCc2ccccc2)c1. The van der Waals surface area contributed by atoms with Gasteiger partial charge >= 0.3 is 0 Å². The maximum Gasteiger partial charge on any atom is 0.220 e. The molecule has 0 fully saturated rings. The second-order valence-electron chi connectivity index (χ2n) is 5.64. The molecule has 0 aliphatic carbocycles. The van der Waals surface area contributed by atoms with Crippen molar-refractivity contribution in [2.75, 3.05) is 13.7 Å². The number of ether oxygens (including phenoxy) is 1. The second kappa shape index (κ2) is 9.67. The topological polar surface area (TPSA) is 38.3 Å². The van der Waals surface area contributed by atoms with E-state index < -0.39 is 0 Å². The van der Waals surface area contributed by atoms with E-state index in [4.69, 9.17) is 4.74 Å². The van der Waals surface area contributed by atoms with Crippen LogP contribution in [0.25, 0.3) is 0 Å². The molecule has 0 aliphatic heterocycles. The molecule has 3 nitrogen and oxygen atoms in total. The highest BCUT2D eigenvalue weighted by molar-refractivity contribution is 5.75. The summed E-state index contributed by atoms with van der Waals surface area (Å²) >= 11 is 0. The van der Waals surface area contributed by atoms with E-state index in [0.29, 0.717) is 13.0 Å². The molecule has 2 rings (SSSR count). The van der Waals surface area contributed by atoms with Gasteiger partial charge in [-0.3, -0.25) is 4.79 Å². The third-order valence-electron chi connectivity index (χ3n) is 3.83. The van der Waals surface area contributed by atoms with E-state index in [-0.39, 0.29) is 5.91 Å². The van der Waals surface area contributed by atoms with Gasteiger partial charge in [0.25, 0.3) is 0 Å². The number of methoxy groups -OCH3 is 1. The number of amides is 1. The van der Waals surface area contributed by atoms with Crippen LogP contribution in [0.15, 0.2) is 54.6 Å². The summed E-state index contributed by atoms with van der Waals surface area (Å²) in [7, 11) is 1.66. The fourth-order valence-electron chi connectivity index (χ4n) is 2.52. The molecule has 0 unspecified atom stereocenters. The lowest BCUT2D eigenvalue weighted by Gasteiger charge is -2.07. The zero-order valence-electron chi connectivity index (χ0n) is 13.8. The summed E-state index contributed by atoms with van der Waals surface area (Å²) in [6, 6.07) is 18.4. The maximum absolute atomic E-state index is 11.8. The number of rotatable bonds is 9. The molecule has 0 spiro atoms. The molecular weight excluding hydrogens is 286 g/mol. The molecular formula is C20H25NO2. The first-order chi connectivity index (χ1) is 11.3. The van der Waals surface area contributed by atoms with Gasteiger partial charge in [-0.25, -0.2) is 0 Å². The van der Waals surface area contributed by atoms with Crippen molar-refractivity contribution in [2.45, 2.75) is 32.1 Å². The van der Waals surface area contributed by atoms with Gasteiger partial charge in [-0.2, -0.15) is 0 Å². The van der Waals surface area contributed by atoms with Gasteiger partial charge in [0.2, 0.25) is 5.91 Å². The summed E-state index contributed by atoms with van der Waals surface area (Å²) in [4.78, 5) is 11.8. The van der Waals surface area contributed by atoms with E-state index in [0.717, 1.165) is 31.4 Å². The van der Waals surface area contributed by atoms with Gasteiger partial charge in [-0.15, -0.1) is 0 Å². The highest BCUT2D eigenvalue weighted by Gasteiger charge is 2.02. The Hall–Kier alpha value is -2.29. The highest BCUT2D eigenvalue weighted by Crippen LogP contribution is 2.12. The molecule has 2 aromatic carbocycles. The first kappa shape index (κ1) is 17.1. The third kappa shape index (κ3) is 6.55. The van der Waals surface area contributed by atoms with E-state index in [2.05, 4.69) is 35.6 Å². The van der Waals surface area contributed by atoms with Crippen molar-refractivity contribution in [3.8, 4) is 5.75 Å². The summed E-state index contributed by atoms with van der Waals surface area (Å²) in [6.45, 7) is 0.671. The van der Waals surface area contributed by atoms with Crippen LogP contribution in [0, 0.1) is 0 Å². The van der Waals surface area contributed by atoms with Gasteiger partial charge in [0.1, 0.15) is 5.75 Å². The van der Waals surface area contributed by atoms with E-state index in [9.17, 15) is 4.79 Å². The standard InChI is InChI=1S/C20H25NO2/c1-23-19-12-7-11-18(16-19)14-15-21-20(22)13-6-5-10-17-8-3-2-4-9-17/h2-4,7-9,11-12,16H,5-6,10,13-15H2,1H3,(H,21,22). The lowest BCUT2D eigenvalue weighted by Crippen LogP contribution is -2.25. The number of aryl methyl sites for hydroxylation is 1. The molecule has 0 saturated heterocycles. The van der Waals surface area contributed by atoms with Crippen molar-refractivity contribution >= 4 is 5.91 Å². The van der Waals surface area contributed by atoms with Crippen molar-refractivity contribution in [1.29, 1.82) is 0 Å². The minimum atomic E-state index is 0.140. The summed E-state index contributed by atoms with van der Waals surface area (Å²) in [5.41, 5.74) is 2.51. The molecule has 122 valence electrons. The van der Waals surface area contributed by atoms with Crippen LogP contribution < -0.4 is 10.1 Å². The van der Waals surface area contributed by atoms with Crippen molar-refractivity contribution in [1.82, 2.24) is 5.32 Å². The predicted octanol–water partition coefficient (Wildman–Crippen LogP) is 3.77. The lowest BCUT2D eigenvalue weighted by molar-refractivity contribution is -0.121. The molecule has 0 bridgehead atoms. The Morgan fingerprint density at radius 1 is 0.957 bits per heavy atom. The number of benzene rings is 2. The number of carbonyl (C=O) groups is 1. The Labute approximate surface area is 138 Å². The number of hydrogen-bond acceptors (Lipinski definition) is 2. The monoisotopic (exact) mass is 311 g/mol. The predicted molar refractivity (Wildman–Crippen MR) is 93.7 cm³/mol. The van der Waals surface area contributed by atoms with Crippen LogP contribution in [0.3, 0.4) is 0 Å². The second-order valence-corrected chi connectivity index (χ2v) is 5.64. The summed E-state index contributed by atoms with van der Waals surface area (Å²) in [6.07, 6.45) is 4.45. The Kier molecular flexibility index (Phi) is 7.18. The van der Waals surface area contributed by atoms with E-state index in [1.807, 2.05) is 24.3 Å². The first-order valence-corrected chi connectivity index (χ1v) is 8.21. The van der Waals surface area contributed by atoms with E-state index in [1.54, 1.807) is 7.11 Å². The maximum atomic E-state index is 11.8. The smallest absolute Gasteiger partial charge is 0.220 e. The Balaban J connectivity index is 1.58. The number of unbranched alkanes of at least 4 members (excludes halogenated alkanes) is 1. The molecule has 1 amide bonds.